The zero-order valence-corrected chi connectivity index (χ0v) is 19.4. The van der Waals surface area contributed by atoms with Gasteiger partial charge in [0.1, 0.15) is 0 Å². The average Bonchev–Trinajstić information content (AvgIpc) is 2.73. The zero-order chi connectivity index (χ0) is 22.7. The number of nitrogens with zero attached hydrogens (tertiary/aromatic N) is 1. The van der Waals surface area contributed by atoms with Gasteiger partial charge in [-0.25, -0.2) is 0 Å². The SMILES string of the molecule is CC(=O)C1=C(C)NC(SCC(=O)c2ccc(C)c(C)c2)=C(C#N)[C@H]1c1ccccc1Cl. The topological polar surface area (TPSA) is 70.0 Å². The van der Waals surface area contributed by atoms with Gasteiger partial charge in [0.25, 0.3) is 0 Å². The Bertz CT molecular complexity index is 1170. The highest BCUT2D eigenvalue weighted by molar-refractivity contribution is 8.03. The molecule has 0 unspecified atom stereocenters. The molecule has 2 aromatic carbocycles. The number of Topliss-reactive ketones (excluding diaryl/α,β-unsaturated/α-hetero) is 2. The molecule has 0 aliphatic carbocycles. The molecule has 1 heterocycles. The molecule has 0 saturated carbocycles. The fourth-order valence-electron chi connectivity index (χ4n) is 3.65. The van der Waals surface area contributed by atoms with Crippen LogP contribution in [0.1, 0.15) is 46.8 Å². The lowest BCUT2D eigenvalue weighted by atomic mass is 9.81. The van der Waals surface area contributed by atoms with Gasteiger partial charge in [0.05, 0.1) is 28.3 Å². The summed E-state index contributed by atoms with van der Waals surface area (Å²) in [5.74, 6) is -0.545. The van der Waals surface area contributed by atoms with Crippen LogP contribution in [-0.4, -0.2) is 17.3 Å². The number of benzene rings is 2. The Morgan fingerprint density at radius 3 is 2.45 bits per heavy atom. The Morgan fingerprint density at radius 1 is 1.13 bits per heavy atom. The van der Waals surface area contributed by atoms with E-state index in [0.29, 0.717) is 38.0 Å². The molecule has 2 aromatic rings. The van der Waals surface area contributed by atoms with Crippen LogP contribution in [0.3, 0.4) is 0 Å². The molecule has 0 saturated heterocycles. The Morgan fingerprint density at radius 2 is 1.84 bits per heavy atom. The first-order chi connectivity index (χ1) is 14.7. The molecule has 6 heteroatoms. The predicted molar refractivity (Wildman–Crippen MR) is 126 cm³/mol. The van der Waals surface area contributed by atoms with E-state index in [1.54, 1.807) is 13.0 Å². The van der Waals surface area contributed by atoms with Gasteiger partial charge in [-0.15, -0.1) is 0 Å². The van der Waals surface area contributed by atoms with Gasteiger partial charge in [-0.05, 0) is 56.5 Å². The summed E-state index contributed by atoms with van der Waals surface area (Å²) in [5.41, 5.74) is 5.10. The van der Waals surface area contributed by atoms with Crippen LogP contribution < -0.4 is 5.32 Å². The van der Waals surface area contributed by atoms with E-state index in [1.165, 1.54) is 18.7 Å². The number of hydrogen-bond acceptors (Lipinski definition) is 5. The van der Waals surface area contributed by atoms with E-state index >= 15 is 0 Å². The van der Waals surface area contributed by atoms with Crippen LogP contribution in [-0.2, 0) is 4.79 Å². The molecule has 31 heavy (non-hydrogen) atoms. The van der Waals surface area contributed by atoms with Crippen LogP contribution in [0.5, 0.6) is 0 Å². The minimum absolute atomic E-state index is 0.0204. The van der Waals surface area contributed by atoms with E-state index < -0.39 is 5.92 Å². The van der Waals surface area contributed by atoms with Crippen LogP contribution in [0.4, 0.5) is 0 Å². The molecule has 3 rings (SSSR count). The van der Waals surface area contributed by atoms with E-state index in [1.807, 2.05) is 50.2 Å². The molecular formula is C25H23ClN2O2S. The lowest BCUT2D eigenvalue weighted by molar-refractivity contribution is -0.113. The van der Waals surface area contributed by atoms with Gasteiger partial charge < -0.3 is 5.32 Å². The van der Waals surface area contributed by atoms with Crippen molar-refractivity contribution >= 4 is 34.9 Å². The molecule has 1 aliphatic rings. The summed E-state index contributed by atoms with van der Waals surface area (Å²) < 4.78 is 0. The van der Waals surface area contributed by atoms with Gasteiger partial charge in [0.2, 0.25) is 0 Å². The number of halogens is 1. The summed E-state index contributed by atoms with van der Waals surface area (Å²) in [6, 6.07) is 15.1. The van der Waals surface area contributed by atoms with Gasteiger partial charge in [-0.3, -0.25) is 9.59 Å². The zero-order valence-electron chi connectivity index (χ0n) is 17.9. The van der Waals surface area contributed by atoms with Gasteiger partial charge in [0, 0.05) is 21.9 Å². The number of allylic oxidation sites excluding steroid dienone is 3. The summed E-state index contributed by atoms with van der Waals surface area (Å²) in [6.07, 6.45) is 0. The summed E-state index contributed by atoms with van der Waals surface area (Å²) in [7, 11) is 0. The molecular weight excluding hydrogens is 428 g/mol. The van der Waals surface area contributed by atoms with Crippen LogP contribution in [0, 0.1) is 25.2 Å². The first-order valence-corrected chi connectivity index (χ1v) is 11.2. The second kappa shape index (κ2) is 9.55. The summed E-state index contributed by atoms with van der Waals surface area (Å²) in [6.45, 7) is 7.27. The highest BCUT2D eigenvalue weighted by Crippen LogP contribution is 2.43. The van der Waals surface area contributed by atoms with Crippen LogP contribution in [0.15, 0.2) is 64.3 Å². The molecule has 0 bridgehead atoms. The van der Waals surface area contributed by atoms with Crippen molar-refractivity contribution in [3.8, 4) is 6.07 Å². The van der Waals surface area contributed by atoms with Gasteiger partial charge >= 0.3 is 0 Å². The Kier molecular flexibility index (Phi) is 7.04. The third-order valence-electron chi connectivity index (χ3n) is 5.42. The third kappa shape index (κ3) is 4.76. The van der Waals surface area contributed by atoms with Crippen molar-refractivity contribution < 1.29 is 9.59 Å². The second-order valence-electron chi connectivity index (χ2n) is 7.54. The number of nitriles is 1. The van der Waals surface area contributed by atoms with E-state index in [0.717, 1.165) is 11.1 Å². The number of carbonyl (C=O) groups excluding carboxylic acids is 2. The first-order valence-electron chi connectivity index (χ1n) is 9.85. The molecule has 1 aliphatic heterocycles. The van der Waals surface area contributed by atoms with Crippen LogP contribution in [0.2, 0.25) is 5.02 Å². The Labute approximate surface area is 192 Å². The number of aryl methyl sites for hydroxylation is 2. The normalized spacial score (nSPS) is 16.1. The van der Waals surface area contributed by atoms with Gasteiger partial charge in [-0.1, -0.05) is 53.7 Å². The van der Waals surface area contributed by atoms with Gasteiger partial charge in [-0.2, -0.15) is 5.26 Å². The predicted octanol–water partition coefficient (Wildman–Crippen LogP) is 5.86. The number of carbonyl (C=O) groups is 2. The van der Waals surface area contributed by atoms with Crippen molar-refractivity contribution in [2.24, 2.45) is 0 Å². The maximum atomic E-state index is 12.8. The lowest BCUT2D eigenvalue weighted by Crippen LogP contribution is -2.27. The summed E-state index contributed by atoms with van der Waals surface area (Å²) in [4.78, 5) is 25.2. The van der Waals surface area contributed by atoms with E-state index in [4.69, 9.17) is 11.6 Å². The number of rotatable bonds is 6. The molecule has 0 spiro atoms. The van der Waals surface area contributed by atoms with Crippen LogP contribution >= 0.6 is 23.4 Å². The molecule has 0 amide bonds. The molecule has 1 atom stereocenters. The maximum absolute atomic E-state index is 12.8. The largest absolute Gasteiger partial charge is 0.353 e. The average molecular weight is 451 g/mol. The summed E-state index contributed by atoms with van der Waals surface area (Å²) in [5, 5.41) is 14.2. The smallest absolute Gasteiger partial charge is 0.173 e. The van der Waals surface area contributed by atoms with Crippen molar-refractivity contribution in [3.63, 3.8) is 0 Å². The Hall–Kier alpha value is -2.81. The van der Waals surface area contributed by atoms with E-state index in [9.17, 15) is 14.9 Å². The number of hydrogen-bond donors (Lipinski definition) is 1. The molecule has 0 fully saturated rings. The minimum atomic E-state index is -0.573. The monoisotopic (exact) mass is 450 g/mol. The van der Waals surface area contributed by atoms with Crippen molar-refractivity contribution in [1.82, 2.24) is 5.32 Å². The van der Waals surface area contributed by atoms with Gasteiger partial charge in [0.15, 0.2) is 11.6 Å². The molecule has 4 nitrogen and oxygen atoms in total. The van der Waals surface area contributed by atoms with Crippen molar-refractivity contribution in [3.05, 3.63) is 91.6 Å². The van der Waals surface area contributed by atoms with Crippen LogP contribution in [0.25, 0.3) is 0 Å². The third-order valence-corrected chi connectivity index (χ3v) is 6.78. The van der Waals surface area contributed by atoms with Crippen molar-refractivity contribution in [1.29, 1.82) is 5.26 Å². The summed E-state index contributed by atoms with van der Waals surface area (Å²) >= 11 is 7.71. The van der Waals surface area contributed by atoms with Crippen molar-refractivity contribution in [2.75, 3.05) is 5.75 Å². The number of thioether (sulfide) groups is 1. The second-order valence-corrected chi connectivity index (χ2v) is 8.93. The first kappa shape index (κ1) is 22.9. The highest BCUT2D eigenvalue weighted by Gasteiger charge is 2.34. The minimum Gasteiger partial charge on any atom is -0.353 e. The number of dihydropyridines is 1. The maximum Gasteiger partial charge on any atom is 0.173 e. The van der Waals surface area contributed by atoms with Crippen molar-refractivity contribution in [2.45, 2.75) is 33.6 Å². The lowest BCUT2D eigenvalue weighted by Gasteiger charge is -2.29. The standard InChI is InChI=1S/C25H23ClN2O2S/c1-14-9-10-18(11-15(14)2)22(30)13-31-25-20(12-27)24(19-7-5-6-8-21(19)26)23(17(4)29)16(3)28-25/h5-11,24,28H,13H2,1-4H3/t24-/m1/s1. The van der Waals surface area contributed by atoms with E-state index in [-0.39, 0.29) is 17.3 Å². The number of ketones is 2. The number of nitrogens with one attached hydrogen (secondary N) is 1. The fraction of sp³-hybridized carbons (Fsp3) is 0.240. The van der Waals surface area contributed by atoms with E-state index in [2.05, 4.69) is 11.4 Å². The Balaban J connectivity index is 1.97. The molecule has 158 valence electrons. The molecule has 0 radical (unpaired) electrons. The molecule has 1 N–H and O–H groups in total. The highest BCUT2D eigenvalue weighted by atomic mass is 35.5. The quantitative estimate of drug-likeness (QED) is 0.558. The fourth-order valence-corrected chi connectivity index (χ4v) is 4.88. The molecule has 0 aromatic heterocycles.